The molecule has 108 valence electrons. The number of sulfonamides is 1. The lowest BCUT2D eigenvalue weighted by molar-refractivity contribution is 0.593. The second kappa shape index (κ2) is 5.50. The van der Waals surface area contributed by atoms with Crippen molar-refractivity contribution in [3.63, 3.8) is 0 Å². The lowest BCUT2D eigenvalue weighted by Gasteiger charge is -2.11. The third-order valence-electron chi connectivity index (χ3n) is 2.81. The minimum Gasteiger partial charge on any atom is -0.279 e. The molecule has 0 fully saturated rings. The van der Waals surface area contributed by atoms with E-state index in [9.17, 15) is 17.2 Å². The fraction of sp³-hybridized carbons (Fsp3) is 0.0714. The highest BCUT2D eigenvalue weighted by Crippen LogP contribution is 2.23. The maximum atomic E-state index is 13.5. The van der Waals surface area contributed by atoms with Gasteiger partial charge in [0.2, 0.25) is 0 Å². The Morgan fingerprint density at radius 2 is 1.90 bits per heavy atom. The molecule has 21 heavy (non-hydrogen) atoms. The van der Waals surface area contributed by atoms with Gasteiger partial charge in [0.05, 0.1) is 5.69 Å². The minimum atomic E-state index is -4.15. The predicted octanol–water partition coefficient (Wildman–Crippen LogP) is 2.95. The Hall–Kier alpha value is -2.46. The summed E-state index contributed by atoms with van der Waals surface area (Å²) >= 11 is 0. The van der Waals surface area contributed by atoms with Gasteiger partial charge in [0, 0.05) is 0 Å². The second-order valence-corrected chi connectivity index (χ2v) is 5.94. The molecule has 0 saturated carbocycles. The van der Waals surface area contributed by atoms with E-state index in [0.717, 1.165) is 24.3 Å². The Bertz CT molecular complexity index is 843. The van der Waals surface area contributed by atoms with Crippen LogP contribution in [0.25, 0.3) is 0 Å². The topological polar surface area (TPSA) is 70.0 Å². The number of nitriles is 1. The molecule has 1 N–H and O–H groups in total. The molecule has 0 aliphatic heterocycles. The van der Waals surface area contributed by atoms with Gasteiger partial charge in [0.15, 0.2) is 0 Å². The number of nitrogens with one attached hydrogen (secondary N) is 1. The molecule has 0 saturated heterocycles. The molecular formula is C14H10F2N2O2S. The van der Waals surface area contributed by atoms with Crippen molar-refractivity contribution in [2.24, 2.45) is 0 Å². The first kappa shape index (κ1) is 14.9. The van der Waals surface area contributed by atoms with Crippen molar-refractivity contribution in [3.05, 3.63) is 59.2 Å². The zero-order chi connectivity index (χ0) is 15.6. The maximum Gasteiger partial charge on any atom is 0.263 e. The molecule has 2 aromatic rings. The van der Waals surface area contributed by atoms with Crippen LogP contribution in [0.5, 0.6) is 0 Å². The molecule has 0 unspecified atom stereocenters. The van der Waals surface area contributed by atoms with Crippen LogP contribution in [0.15, 0.2) is 41.3 Å². The average Bonchev–Trinajstić information content (AvgIpc) is 2.41. The molecule has 0 spiro atoms. The largest absolute Gasteiger partial charge is 0.279 e. The van der Waals surface area contributed by atoms with Crippen molar-refractivity contribution in [2.75, 3.05) is 4.72 Å². The second-order valence-electron chi connectivity index (χ2n) is 4.29. The Balaban J connectivity index is 2.49. The van der Waals surface area contributed by atoms with Crippen molar-refractivity contribution >= 4 is 15.7 Å². The summed E-state index contributed by atoms with van der Waals surface area (Å²) in [6, 6.07) is 8.37. The monoisotopic (exact) mass is 308 g/mol. The highest BCUT2D eigenvalue weighted by atomic mass is 32.2. The van der Waals surface area contributed by atoms with Crippen LogP contribution in [0.1, 0.15) is 11.1 Å². The van der Waals surface area contributed by atoms with Crippen molar-refractivity contribution in [2.45, 2.75) is 11.8 Å². The molecule has 0 radical (unpaired) electrons. The number of hydrogen-bond donors (Lipinski definition) is 1. The van der Waals surface area contributed by atoms with Crippen LogP contribution >= 0.6 is 0 Å². The lowest BCUT2D eigenvalue weighted by Crippen LogP contribution is -2.15. The van der Waals surface area contributed by atoms with Gasteiger partial charge in [0.25, 0.3) is 10.0 Å². The van der Waals surface area contributed by atoms with Crippen molar-refractivity contribution in [1.82, 2.24) is 0 Å². The van der Waals surface area contributed by atoms with Gasteiger partial charge < -0.3 is 0 Å². The molecule has 4 nitrogen and oxygen atoms in total. The Kier molecular flexibility index (Phi) is 3.91. The van der Waals surface area contributed by atoms with Gasteiger partial charge in [0.1, 0.15) is 28.2 Å². The molecular weight excluding hydrogens is 298 g/mol. The van der Waals surface area contributed by atoms with Gasteiger partial charge in [-0.15, -0.1) is 0 Å². The van der Waals surface area contributed by atoms with Crippen molar-refractivity contribution in [1.29, 1.82) is 5.26 Å². The predicted molar refractivity (Wildman–Crippen MR) is 73.1 cm³/mol. The standard InChI is InChI=1S/C14H10F2N2O2S/c1-9-7-10(15)5-6-13(9)18-21(19,20)14-4-2-3-12(16)11(14)8-17/h2-7,18H,1H3. The molecule has 0 amide bonds. The van der Waals surface area contributed by atoms with E-state index in [1.54, 1.807) is 0 Å². The fourth-order valence-corrected chi connectivity index (χ4v) is 3.08. The highest BCUT2D eigenvalue weighted by Gasteiger charge is 2.21. The van der Waals surface area contributed by atoms with E-state index in [-0.39, 0.29) is 5.69 Å². The number of benzene rings is 2. The van der Waals surface area contributed by atoms with E-state index in [1.165, 1.54) is 25.1 Å². The van der Waals surface area contributed by atoms with Crippen LogP contribution in [0.3, 0.4) is 0 Å². The van der Waals surface area contributed by atoms with Crippen LogP contribution < -0.4 is 4.72 Å². The summed E-state index contributed by atoms with van der Waals surface area (Å²) in [7, 11) is -4.15. The van der Waals surface area contributed by atoms with Gasteiger partial charge >= 0.3 is 0 Å². The van der Waals surface area contributed by atoms with Gasteiger partial charge in [-0.05, 0) is 42.8 Å². The molecule has 0 aliphatic carbocycles. The molecule has 7 heteroatoms. The van der Waals surface area contributed by atoms with Crippen molar-refractivity contribution in [3.8, 4) is 6.07 Å². The molecule has 2 aromatic carbocycles. The molecule has 0 aliphatic rings. The lowest BCUT2D eigenvalue weighted by atomic mass is 10.2. The first-order valence-corrected chi connectivity index (χ1v) is 7.31. The van der Waals surface area contributed by atoms with E-state index < -0.39 is 32.1 Å². The summed E-state index contributed by atoms with van der Waals surface area (Å²) in [6.45, 7) is 1.53. The smallest absolute Gasteiger partial charge is 0.263 e. The quantitative estimate of drug-likeness (QED) is 0.947. The fourth-order valence-electron chi connectivity index (χ4n) is 1.78. The van der Waals surface area contributed by atoms with Crippen molar-refractivity contribution < 1.29 is 17.2 Å². The third kappa shape index (κ3) is 3.01. The van der Waals surface area contributed by atoms with Crippen LogP contribution in [-0.4, -0.2) is 8.42 Å². The molecule has 0 heterocycles. The first-order chi connectivity index (χ1) is 9.85. The van der Waals surface area contributed by atoms with Gasteiger partial charge in [-0.25, -0.2) is 17.2 Å². The Morgan fingerprint density at radius 1 is 1.19 bits per heavy atom. The minimum absolute atomic E-state index is 0.157. The zero-order valence-corrected chi connectivity index (χ0v) is 11.7. The van der Waals surface area contributed by atoms with E-state index in [0.29, 0.717) is 5.56 Å². The van der Waals surface area contributed by atoms with Crippen LogP contribution in [-0.2, 0) is 10.0 Å². The van der Waals surface area contributed by atoms with E-state index in [4.69, 9.17) is 5.26 Å². The van der Waals surface area contributed by atoms with Crippen LogP contribution in [0.2, 0.25) is 0 Å². The van der Waals surface area contributed by atoms with E-state index in [1.807, 2.05) is 0 Å². The summed E-state index contributed by atoms with van der Waals surface area (Å²) in [5.41, 5.74) is -0.0391. The number of rotatable bonds is 3. The summed E-state index contributed by atoms with van der Waals surface area (Å²) in [5.74, 6) is -1.42. The number of hydrogen-bond acceptors (Lipinski definition) is 3. The maximum absolute atomic E-state index is 13.5. The molecule has 0 bridgehead atoms. The first-order valence-electron chi connectivity index (χ1n) is 5.83. The van der Waals surface area contributed by atoms with Crippen LogP contribution in [0, 0.1) is 29.9 Å². The normalized spacial score (nSPS) is 11.0. The van der Waals surface area contributed by atoms with Gasteiger partial charge in [-0.3, -0.25) is 4.72 Å². The summed E-state index contributed by atoms with van der Waals surface area (Å²) < 4.78 is 53.2. The molecule has 0 atom stereocenters. The number of halogens is 2. The SMILES string of the molecule is Cc1cc(F)ccc1NS(=O)(=O)c1cccc(F)c1C#N. The summed E-state index contributed by atoms with van der Waals surface area (Å²) in [5, 5.41) is 8.89. The van der Waals surface area contributed by atoms with Crippen LogP contribution in [0.4, 0.5) is 14.5 Å². The van der Waals surface area contributed by atoms with Gasteiger partial charge in [-0.2, -0.15) is 5.26 Å². The number of aryl methyl sites for hydroxylation is 1. The zero-order valence-electron chi connectivity index (χ0n) is 10.9. The number of nitrogens with zero attached hydrogens (tertiary/aromatic N) is 1. The Morgan fingerprint density at radius 3 is 2.52 bits per heavy atom. The molecule has 2 rings (SSSR count). The average molecular weight is 308 g/mol. The Labute approximate surface area is 120 Å². The summed E-state index contributed by atoms with van der Waals surface area (Å²) in [6.07, 6.45) is 0. The molecule has 0 aromatic heterocycles. The van der Waals surface area contributed by atoms with E-state index >= 15 is 0 Å². The van der Waals surface area contributed by atoms with E-state index in [2.05, 4.69) is 4.72 Å². The highest BCUT2D eigenvalue weighted by molar-refractivity contribution is 7.92. The summed E-state index contributed by atoms with van der Waals surface area (Å²) in [4.78, 5) is -0.464. The third-order valence-corrected chi connectivity index (χ3v) is 4.22. The number of anilines is 1. The van der Waals surface area contributed by atoms with Gasteiger partial charge in [-0.1, -0.05) is 6.07 Å².